The first-order valence-corrected chi connectivity index (χ1v) is 9.45. The van der Waals surface area contributed by atoms with E-state index in [1.807, 2.05) is 48.5 Å². The first-order chi connectivity index (χ1) is 13.7. The molecule has 0 unspecified atom stereocenters. The van der Waals surface area contributed by atoms with Crippen LogP contribution in [0, 0.1) is 11.3 Å². The fourth-order valence-electron chi connectivity index (χ4n) is 2.80. The normalized spacial score (nSPS) is 11.0. The van der Waals surface area contributed by atoms with E-state index in [1.54, 1.807) is 13.2 Å². The minimum atomic E-state index is -0.359. The molecule has 0 aliphatic rings. The third-order valence-electron chi connectivity index (χ3n) is 4.34. The summed E-state index contributed by atoms with van der Waals surface area (Å²) in [5.41, 5.74) is 3.28. The van der Waals surface area contributed by atoms with Crippen LogP contribution in [0.15, 0.2) is 60.2 Å². The first kappa shape index (κ1) is 21.2. The lowest BCUT2D eigenvalue weighted by Crippen LogP contribution is -2.26. The van der Waals surface area contributed by atoms with Gasteiger partial charge in [-0.05, 0) is 42.7 Å². The van der Waals surface area contributed by atoms with Crippen LogP contribution in [0.5, 0.6) is 0 Å². The molecule has 0 fully saturated rings. The number of nitrogens with zero attached hydrogens (tertiary/aromatic N) is 2. The number of amides is 1. The summed E-state index contributed by atoms with van der Waals surface area (Å²) in [6.07, 6.45) is 2.33. The molecule has 0 heterocycles. The zero-order valence-corrected chi connectivity index (χ0v) is 16.5. The van der Waals surface area contributed by atoms with Crippen LogP contribution in [-0.2, 0) is 16.1 Å². The number of hydrogen-bond donors (Lipinski definition) is 1. The van der Waals surface area contributed by atoms with E-state index in [2.05, 4.69) is 29.3 Å². The van der Waals surface area contributed by atoms with Gasteiger partial charge in [0.05, 0.1) is 0 Å². The Morgan fingerprint density at radius 2 is 1.89 bits per heavy atom. The lowest BCUT2D eigenvalue weighted by atomic mass is 10.1. The Morgan fingerprint density at radius 3 is 2.50 bits per heavy atom. The molecule has 2 aromatic rings. The molecule has 1 N–H and O–H groups in total. The summed E-state index contributed by atoms with van der Waals surface area (Å²) < 4.78 is 4.95. The van der Waals surface area contributed by atoms with Gasteiger partial charge in [0.25, 0.3) is 5.91 Å². The van der Waals surface area contributed by atoms with E-state index in [-0.39, 0.29) is 11.5 Å². The minimum Gasteiger partial charge on any atom is -0.385 e. The fraction of sp³-hybridized carbons (Fsp3) is 0.304. The molecule has 5 nitrogen and oxygen atoms in total. The third-order valence-corrected chi connectivity index (χ3v) is 4.34. The van der Waals surface area contributed by atoms with Gasteiger partial charge in [0, 0.05) is 39.0 Å². The molecule has 0 spiro atoms. The van der Waals surface area contributed by atoms with E-state index in [4.69, 9.17) is 4.74 Å². The molecular weight excluding hydrogens is 350 g/mol. The molecule has 0 bridgehead atoms. The summed E-state index contributed by atoms with van der Waals surface area (Å²) in [4.78, 5) is 14.4. The van der Waals surface area contributed by atoms with Gasteiger partial charge in [-0.25, -0.2) is 0 Å². The van der Waals surface area contributed by atoms with E-state index in [0.29, 0.717) is 19.6 Å². The van der Waals surface area contributed by atoms with Crippen molar-refractivity contribution in [3.63, 3.8) is 0 Å². The van der Waals surface area contributed by atoms with Crippen LogP contribution in [-0.4, -0.2) is 32.7 Å². The van der Waals surface area contributed by atoms with Gasteiger partial charge in [-0.15, -0.1) is 0 Å². The van der Waals surface area contributed by atoms with Crippen molar-refractivity contribution in [2.75, 3.05) is 31.7 Å². The van der Waals surface area contributed by atoms with Crippen LogP contribution < -0.4 is 10.2 Å². The first-order valence-electron chi connectivity index (χ1n) is 9.45. The van der Waals surface area contributed by atoms with Gasteiger partial charge >= 0.3 is 0 Å². The number of anilines is 1. The van der Waals surface area contributed by atoms with Crippen LogP contribution in [0.3, 0.4) is 0 Å². The highest BCUT2D eigenvalue weighted by Crippen LogP contribution is 2.19. The summed E-state index contributed by atoms with van der Waals surface area (Å²) in [6.45, 7) is 4.90. The molecule has 1 amide bonds. The zero-order valence-electron chi connectivity index (χ0n) is 16.5. The summed E-state index contributed by atoms with van der Waals surface area (Å²) in [6, 6.07) is 20.2. The number of nitrogens with one attached hydrogen (secondary N) is 1. The Hall–Kier alpha value is -3.10. The van der Waals surface area contributed by atoms with E-state index in [1.165, 1.54) is 5.56 Å². The Balaban J connectivity index is 2.04. The van der Waals surface area contributed by atoms with Gasteiger partial charge in [0.2, 0.25) is 0 Å². The molecule has 28 heavy (non-hydrogen) atoms. The van der Waals surface area contributed by atoms with Crippen LogP contribution in [0.2, 0.25) is 0 Å². The maximum Gasteiger partial charge on any atom is 0.261 e. The van der Waals surface area contributed by atoms with Gasteiger partial charge in [0.1, 0.15) is 11.6 Å². The number of benzene rings is 2. The molecule has 0 saturated carbocycles. The monoisotopic (exact) mass is 377 g/mol. The molecule has 0 atom stereocenters. The van der Waals surface area contributed by atoms with Crippen molar-refractivity contribution in [3.8, 4) is 6.07 Å². The predicted octanol–water partition coefficient (Wildman–Crippen LogP) is 3.77. The Kier molecular flexibility index (Phi) is 8.77. The standard InChI is InChI=1S/C23H27N3O2/c1-3-26(18-20-8-5-4-6-9-20)22-12-10-19(11-13-22)16-21(17-24)23(27)25-14-7-15-28-2/h4-6,8-13,16H,3,7,14-15,18H2,1-2H3,(H,25,27)/b21-16+. The van der Waals surface area contributed by atoms with Crippen molar-refractivity contribution >= 4 is 17.7 Å². The Bertz CT molecular complexity index is 808. The van der Waals surface area contributed by atoms with Gasteiger partial charge in [-0.1, -0.05) is 42.5 Å². The predicted molar refractivity (Wildman–Crippen MR) is 113 cm³/mol. The Labute approximate surface area is 167 Å². The van der Waals surface area contributed by atoms with Crippen LogP contribution in [0.1, 0.15) is 24.5 Å². The van der Waals surface area contributed by atoms with E-state index in [9.17, 15) is 10.1 Å². The molecule has 0 aliphatic carbocycles. The van der Waals surface area contributed by atoms with Crippen molar-refractivity contribution in [2.24, 2.45) is 0 Å². The SMILES string of the molecule is CCN(Cc1ccccc1)c1ccc(/C=C(\C#N)C(=O)NCCCOC)cc1. The summed E-state index contributed by atoms with van der Waals surface area (Å²) >= 11 is 0. The van der Waals surface area contributed by atoms with E-state index >= 15 is 0 Å². The third kappa shape index (κ3) is 6.57. The number of ether oxygens (including phenoxy) is 1. The fourth-order valence-corrected chi connectivity index (χ4v) is 2.80. The second-order valence-corrected chi connectivity index (χ2v) is 6.36. The zero-order chi connectivity index (χ0) is 20.2. The molecule has 0 saturated heterocycles. The van der Waals surface area contributed by atoms with Crippen molar-refractivity contribution in [3.05, 3.63) is 71.3 Å². The van der Waals surface area contributed by atoms with E-state index in [0.717, 1.165) is 24.3 Å². The molecule has 0 radical (unpaired) electrons. The van der Waals surface area contributed by atoms with Crippen molar-refractivity contribution in [1.29, 1.82) is 5.26 Å². The lowest BCUT2D eigenvalue weighted by Gasteiger charge is -2.23. The van der Waals surface area contributed by atoms with Gasteiger partial charge < -0.3 is 15.0 Å². The average molecular weight is 377 g/mol. The quantitative estimate of drug-likeness (QED) is 0.389. The van der Waals surface area contributed by atoms with Crippen molar-refractivity contribution < 1.29 is 9.53 Å². The Morgan fingerprint density at radius 1 is 1.18 bits per heavy atom. The van der Waals surface area contributed by atoms with Crippen LogP contribution in [0.4, 0.5) is 5.69 Å². The number of rotatable bonds is 10. The maximum atomic E-state index is 12.1. The molecule has 5 heteroatoms. The van der Waals surface area contributed by atoms with Gasteiger partial charge in [-0.2, -0.15) is 5.26 Å². The van der Waals surface area contributed by atoms with Crippen LogP contribution >= 0.6 is 0 Å². The number of carbonyl (C=O) groups is 1. The lowest BCUT2D eigenvalue weighted by molar-refractivity contribution is -0.117. The number of carbonyl (C=O) groups excluding carboxylic acids is 1. The van der Waals surface area contributed by atoms with Gasteiger partial charge in [0.15, 0.2) is 0 Å². The largest absolute Gasteiger partial charge is 0.385 e. The molecule has 0 aromatic heterocycles. The molecule has 146 valence electrons. The smallest absolute Gasteiger partial charge is 0.261 e. The summed E-state index contributed by atoms with van der Waals surface area (Å²) in [5.74, 6) is -0.359. The number of hydrogen-bond acceptors (Lipinski definition) is 4. The molecule has 2 aromatic carbocycles. The highest BCUT2D eigenvalue weighted by Gasteiger charge is 2.09. The van der Waals surface area contributed by atoms with Crippen LogP contribution in [0.25, 0.3) is 6.08 Å². The topological polar surface area (TPSA) is 65.4 Å². The second-order valence-electron chi connectivity index (χ2n) is 6.36. The minimum absolute atomic E-state index is 0.0989. The highest BCUT2D eigenvalue weighted by molar-refractivity contribution is 6.01. The summed E-state index contributed by atoms with van der Waals surface area (Å²) in [7, 11) is 1.62. The number of methoxy groups -OCH3 is 1. The number of nitriles is 1. The molecule has 0 aliphatic heterocycles. The molecular formula is C23H27N3O2. The summed E-state index contributed by atoms with van der Waals surface area (Å²) in [5, 5.41) is 12.0. The highest BCUT2D eigenvalue weighted by atomic mass is 16.5. The van der Waals surface area contributed by atoms with E-state index < -0.39 is 0 Å². The second kappa shape index (κ2) is 11.6. The van der Waals surface area contributed by atoms with Gasteiger partial charge in [-0.3, -0.25) is 4.79 Å². The maximum absolute atomic E-state index is 12.1. The van der Waals surface area contributed by atoms with Crippen molar-refractivity contribution in [1.82, 2.24) is 5.32 Å². The molecule has 2 rings (SSSR count). The average Bonchev–Trinajstić information content (AvgIpc) is 2.74. The van der Waals surface area contributed by atoms with Crippen molar-refractivity contribution in [2.45, 2.75) is 19.9 Å².